The Morgan fingerprint density at radius 3 is 2.59 bits per heavy atom. The molecule has 4 nitrogen and oxygen atoms in total. The van der Waals surface area contributed by atoms with Crippen molar-refractivity contribution >= 4 is 11.8 Å². The first kappa shape index (κ1) is 12.4. The molecule has 0 bridgehead atoms. The molecular weight excluding hydrogens is 216 g/mol. The zero-order chi connectivity index (χ0) is 12.4. The van der Waals surface area contributed by atoms with Crippen molar-refractivity contribution in [2.75, 3.05) is 13.1 Å². The Hall–Kier alpha value is -1.06. The summed E-state index contributed by atoms with van der Waals surface area (Å²) in [6.45, 7) is 5.59. The van der Waals surface area contributed by atoms with Gasteiger partial charge in [0.1, 0.15) is 0 Å². The van der Waals surface area contributed by atoms with Gasteiger partial charge >= 0.3 is 0 Å². The van der Waals surface area contributed by atoms with Crippen molar-refractivity contribution in [1.29, 1.82) is 0 Å². The monoisotopic (exact) mass is 238 g/mol. The summed E-state index contributed by atoms with van der Waals surface area (Å²) in [4.78, 5) is 25.4. The molecular formula is C13H22N2O2. The highest BCUT2D eigenvalue weighted by molar-refractivity contribution is 5.81. The Morgan fingerprint density at radius 1 is 1.29 bits per heavy atom. The lowest BCUT2D eigenvalue weighted by atomic mass is 10.1. The van der Waals surface area contributed by atoms with E-state index in [0.29, 0.717) is 30.7 Å². The molecule has 96 valence electrons. The van der Waals surface area contributed by atoms with Crippen LogP contribution in [0.2, 0.25) is 0 Å². The number of hydrogen-bond acceptors (Lipinski definition) is 2. The summed E-state index contributed by atoms with van der Waals surface area (Å²) >= 11 is 0. The quantitative estimate of drug-likeness (QED) is 0.799. The Bertz CT molecular complexity index is 311. The number of rotatable bonds is 4. The molecule has 0 spiro atoms. The van der Waals surface area contributed by atoms with Crippen molar-refractivity contribution in [3.8, 4) is 0 Å². The molecule has 4 heteroatoms. The summed E-state index contributed by atoms with van der Waals surface area (Å²) in [5.74, 6) is 1.09. The van der Waals surface area contributed by atoms with Crippen LogP contribution < -0.4 is 5.32 Å². The van der Waals surface area contributed by atoms with Crippen molar-refractivity contribution in [1.82, 2.24) is 10.2 Å². The van der Waals surface area contributed by atoms with Crippen LogP contribution in [0.25, 0.3) is 0 Å². The van der Waals surface area contributed by atoms with Crippen LogP contribution in [0, 0.1) is 11.8 Å². The van der Waals surface area contributed by atoms with Gasteiger partial charge in [-0.25, -0.2) is 0 Å². The van der Waals surface area contributed by atoms with Gasteiger partial charge in [0.2, 0.25) is 11.8 Å². The first-order valence-corrected chi connectivity index (χ1v) is 6.64. The average Bonchev–Trinajstić information content (AvgIpc) is 2.98. The standard InChI is InChI=1S/C13H22N2O2/c1-9(2)7-12(16)14-11-5-6-15(8-11)13(17)10-3-4-10/h9-11H,3-8H2,1-2H3,(H,14,16). The lowest BCUT2D eigenvalue weighted by molar-refractivity contribution is -0.131. The number of hydrogen-bond donors (Lipinski definition) is 1. The van der Waals surface area contributed by atoms with Gasteiger partial charge in [0.15, 0.2) is 0 Å². The summed E-state index contributed by atoms with van der Waals surface area (Å²) < 4.78 is 0. The molecule has 1 aliphatic carbocycles. The molecule has 1 N–H and O–H groups in total. The van der Waals surface area contributed by atoms with Gasteiger partial charge in [-0.3, -0.25) is 9.59 Å². The fourth-order valence-corrected chi connectivity index (χ4v) is 2.32. The van der Waals surface area contributed by atoms with Crippen LogP contribution in [-0.2, 0) is 9.59 Å². The summed E-state index contributed by atoms with van der Waals surface area (Å²) in [6.07, 6.45) is 3.59. The van der Waals surface area contributed by atoms with Crippen molar-refractivity contribution in [2.45, 2.75) is 45.6 Å². The van der Waals surface area contributed by atoms with E-state index in [2.05, 4.69) is 5.32 Å². The van der Waals surface area contributed by atoms with Crippen molar-refractivity contribution < 1.29 is 9.59 Å². The number of carbonyl (C=O) groups is 2. The number of carbonyl (C=O) groups excluding carboxylic acids is 2. The van der Waals surface area contributed by atoms with Crippen LogP contribution >= 0.6 is 0 Å². The zero-order valence-corrected chi connectivity index (χ0v) is 10.7. The van der Waals surface area contributed by atoms with E-state index in [0.717, 1.165) is 25.8 Å². The van der Waals surface area contributed by atoms with Gasteiger partial charge in [-0.05, 0) is 25.2 Å². The molecule has 1 atom stereocenters. The van der Waals surface area contributed by atoms with E-state index in [9.17, 15) is 9.59 Å². The minimum absolute atomic E-state index is 0.116. The van der Waals surface area contributed by atoms with Crippen LogP contribution in [0.3, 0.4) is 0 Å². The van der Waals surface area contributed by atoms with Gasteiger partial charge in [0.25, 0.3) is 0 Å². The van der Waals surface area contributed by atoms with Crippen molar-refractivity contribution in [2.24, 2.45) is 11.8 Å². The molecule has 0 aromatic carbocycles. The SMILES string of the molecule is CC(C)CC(=O)NC1CCN(C(=O)C2CC2)C1. The van der Waals surface area contributed by atoms with Crippen LogP contribution in [0.4, 0.5) is 0 Å². The second kappa shape index (κ2) is 5.07. The summed E-state index contributed by atoms with van der Waals surface area (Å²) in [6, 6.07) is 0.170. The summed E-state index contributed by atoms with van der Waals surface area (Å²) in [5, 5.41) is 3.02. The summed E-state index contributed by atoms with van der Waals surface area (Å²) in [5.41, 5.74) is 0. The van der Waals surface area contributed by atoms with E-state index in [4.69, 9.17) is 0 Å². The lowest BCUT2D eigenvalue weighted by Crippen LogP contribution is -2.39. The molecule has 17 heavy (non-hydrogen) atoms. The number of nitrogens with zero attached hydrogens (tertiary/aromatic N) is 1. The minimum atomic E-state index is 0.116. The number of nitrogens with one attached hydrogen (secondary N) is 1. The van der Waals surface area contributed by atoms with Crippen LogP contribution in [0.15, 0.2) is 0 Å². The third-order valence-electron chi connectivity index (χ3n) is 3.39. The molecule has 2 fully saturated rings. The smallest absolute Gasteiger partial charge is 0.225 e. The first-order valence-electron chi connectivity index (χ1n) is 6.64. The molecule has 2 amide bonds. The van der Waals surface area contributed by atoms with Gasteiger partial charge in [-0.1, -0.05) is 13.8 Å². The third kappa shape index (κ3) is 3.45. The topological polar surface area (TPSA) is 49.4 Å². The normalized spacial score (nSPS) is 24.2. The highest BCUT2D eigenvalue weighted by Crippen LogP contribution is 2.32. The fourth-order valence-electron chi connectivity index (χ4n) is 2.32. The van der Waals surface area contributed by atoms with Gasteiger partial charge in [0.05, 0.1) is 0 Å². The van der Waals surface area contributed by atoms with Gasteiger partial charge in [0, 0.05) is 31.5 Å². The largest absolute Gasteiger partial charge is 0.352 e. The maximum absolute atomic E-state index is 11.8. The molecule has 0 radical (unpaired) electrons. The fraction of sp³-hybridized carbons (Fsp3) is 0.846. The van der Waals surface area contributed by atoms with Crippen molar-refractivity contribution in [3.05, 3.63) is 0 Å². The van der Waals surface area contributed by atoms with Gasteiger partial charge < -0.3 is 10.2 Å². The zero-order valence-electron chi connectivity index (χ0n) is 10.7. The van der Waals surface area contributed by atoms with Crippen LogP contribution in [0.1, 0.15) is 39.5 Å². The molecule has 1 aliphatic heterocycles. The molecule has 0 aromatic heterocycles. The maximum Gasteiger partial charge on any atom is 0.225 e. The molecule has 1 heterocycles. The van der Waals surface area contributed by atoms with E-state index in [1.807, 2.05) is 18.7 Å². The molecule has 2 rings (SSSR count). The maximum atomic E-state index is 11.8. The molecule has 2 aliphatic rings. The minimum Gasteiger partial charge on any atom is -0.352 e. The van der Waals surface area contributed by atoms with Crippen molar-refractivity contribution in [3.63, 3.8) is 0 Å². The van der Waals surface area contributed by atoms with E-state index in [-0.39, 0.29) is 11.9 Å². The highest BCUT2D eigenvalue weighted by atomic mass is 16.2. The molecule has 1 saturated carbocycles. The van der Waals surface area contributed by atoms with E-state index >= 15 is 0 Å². The Labute approximate surface area is 103 Å². The Kier molecular flexibility index (Phi) is 3.69. The van der Waals surface area contributed by atoms with Crippen LogP contribution in [-0.4, -0.2) is 35.8 Å². The molecule has 0 aromatic rings. The lowest BCUT2D eigenvalue weighted by Gasteiger charge is -2.17. The van der Waals surface area contributed by atoms with Gasteiger partial charge in [-0.15, -0.1) is 0 Å². The number of likely N-dealkylation sites (tertiary alicyclic amines) is 1. The first-order chi connectivity index (χ1) is 8.06. The second-order valence-corrected chi connectivity index (χ2v) is 5.71. The predicted octanol–water partition coefficient (Wildman–Crippen LogP) is 1.16. The Morgan fingerprint density at radius 2 is 2.00 bits per heavy atom. The van der Waals surface area contributed by atoms with Crippen LogP contribution in [0.5, 0.6) is 0 Å². The third-order valence-corrected chi connectivity index (χ3v) is 3.39. The second-order valence-electron chi connectivity index (χ2n) is 5.71. The molecule has 1 saturated heterocycles. The van der Waals surface area contributed by atoms with E-state index in [1.54, 1.807) is 0 Å². The summed E-state index contributed by atoms with van der Waals surface area (Å²) in [7, 11) is 0. The highest BCUT2D eigenvalue weighted by Gasteiger charge is 2.36. The predicted molar refractivity (Wildman–Crippen MR) is 65.3 cm³/mol. The average molecular weight is 238 g/mol. The Balaban J connectivity index is 1.73. The number of amides is 2. The van der Waals surface area contributed by atoms with E-state index in [1.165, 1.54) is 0 Å². The van der Waals surface area contributed by atoms with Gasteiger partial charge in [-0.2, -0.15) is 0 Å². The molecule has 1 unspecified atom stereocenters. The van der Waals surface area contributed by atoms with E-state index < -0.39 is 0 Å².